The second-order valence-corrected chi connectivity index (χ2v) is 6.28. The lowest BCUT2D eigenvalue weighted by Crippen LogP contribution is -2.11. The summed E-state index contributed by atoms with van der Waals surface area (Å²) in [7, 11) is 1.79. The Morgan fingerprint density at radius 2 is 1.96 bits per heavy atom. The van der Waals surface area contributed by atoms with Crippen LogP contribution < -0.4 is 16.0 Å². The van der Waals surface area contributed by atoms with E-state index in [-0.39, 0.29) is 18.7 Å². The number of nitrogens with zero attached hydrogens (tertiary/aromatic N) is 4. The van der Waals surface area contributed by atoms with Crippen molar-refractivity contribution in [2.75, 3.05) is 23.0 Å². The normalized spacial score (nSPS) is 10.4. The van der Waals surface area contributed by atoms with Crippen LogP contribution in [0.25, 0.3) is 5.65 Å². The maximum absolute atomic E-state index is 12.0. The third-order valence-electron chi connectivity index (χ3n) is 3.96. The topological polar surface area (TPSA) is 107 Å². The minimum atomic E-state index is -0.244. The quantitative estimate of drug-likeness (QED) is 0.620. The first kappa shape index (κ1) is 18.2. The van der Waals surface area contributed by atoms with Gasteiger partial charge in [-0.05, 0) is 37.1 Å². The zero-order valence-corrected chi connectivity index (χ0v) is 15.5. The van der Waals surface area contributed by atoms with E-state index in [0.29, 0.717) is 17.2 Å². The van der Waals surface area contributed by atoms with E-state index in [0.717, 1.165) is 22.6 Å². The molecule has 2 aromatic heterocycles. The number of carbonyl (C=O) groups is 1. The average Bonchev–Trinajstić information content (AvgIpc) is 3.01. The van der Waals surface area contributed by atoms with Crippen LogP contribution in [0.3, 0.4) is 0 Å². The molecule has 0 saturated carbocycles. The van der Waals surface area contributed by atoms with Crippen LogP contribution in [0.1, 0.15) is 24.0 Å². The molecule has 0 unspecified atom stereocenters. The largest absolute Gasteiger partial charge is 0.373 e. The summed E-state index contributed by atoms with van der Waals surface area (Å²) >= 11 is 0. The van der Waals surface area contributed by atoms with Crippen LogP contribution in [-0.2, 0) is 4.79 Å². The second kappa shape index (κ2) is 7.74. The van der Waals surface area contributed by atoms with Crippen molar-refractivity contribution >= 4 is 34.6 Å². The second-order valence-electron chi connectivity index (χ2n) is 6.28. The third-order valence-corrected chi connectivity index (χ3v) is 3.96. The highest BCUT2D eigenvalue weighted by atomic mass is 16.1. The summed E-state index contributed by atoms with van der Waals surface area (Å²) in [6.07, 6.45) is 1.85. The molecule has 0 spiro atoms. The van der Waals surface area contributed by atoms with E-state index in [1.54, 1.807) is 17.8 Å². The number of aromatic nitrogens is 3. The summed E-state index contributed by atoms with van der Waals surface area (Å²) in [5.41, 5.74) is 4.26. The highest BCUT2D eigenvalue weighted by Crippen LogP contribution is 2.25. The van der Waals surface area contributed by atoms with Gasteiger partial charge in [-0.2, -0.15) is 14.9 Å². The van der Waals surface area contributed by atoms with Crippen molar-refractivity contribution in [1.82, 2.24) is 14.6 Å². The van der Waals surface area contributed by atoms with E-state index in [2.05, 4.69) is 32.1 Å². The third kappa shape index (κ3) is 4.15. The molecule has 138 valence electrons. The SMILES string of the molecule is CNc1cc(Nc2cc(C)cc(C)c2)nc2c(NC(=O)CCC#N)cnn12. The van der Waals surface area contributed by atoms with Crippen molar-refractivity contribution in [1.29, 1.82) is 5.26 Å². The number of fused-ring (bicyclic) bond motifs is 1. The van der Waals surface area contributed by atoms with Crippen LogP contribution in [0.5, 0.6) is 0 Å². The van der Waals surface area contributed by atoms with Crippen molar-refractivity contribution in [2.24, 2.45) is 0 Å². The molecule has 0 aliphatic heterocycles. The molecule has 0 saturated heterocycles. The van der Waals surface area contributed by atoms with Crippen LogP contribution in [0.4, 0.5) is 23.0 Å². The summed E-state index contributed by atoms with van der Waals surface area (Å²) in [6, 6.07) is 9.99. The predicted octanol–water partition coefficient (Wildman–Crippen LogP) is 3.37. The standard InChI is InChI=1S/C19H21N7O/c1-12-7-13(2)9-14(8-12)23-16-10-17(21-3)26-19(25-16)15(11-22-26)24-18(27)5-4-6-20/h7-11,21H,4-5H2,1-3H3,(H,23,25)(H,24,27). The lowest BCUT2D eigenvalue weighted by molar-refractivity contribution is -0.116. The van der Waals surface area contributed by atoms with Gasteiger partial charge in [0.05, 0.1) is 12.3 Å². The van der Waals surface area contributed by atoms with Gasteiger partial charge >= 0.3 is 0 Å². The van der Waals surface area contributed by atoms with Crippen LogP contribution in [0.15, 0.2) is 30.5 Å². The highest BCUT2D eigenvalue weighted by molar-refractivity contribution is 5.94. The lowest BCUT2D eigenvalue weighted by atomic mass is 10.1. The molecule has 27 heavy (non-hydrogen) atoms. The maximum atomic E-state index is 12.0. The molecule has 1 amide bonds. The van der Waals surface area contributed by atoms with Crippen LogP contribution in [0, 0.1) is 25.2 Å². The number of nitriles is 1. The number of amides is 1. The summed E-state index contributed by atoms with van der Waals surface area (Å²) in [6.45, 7) is 4.08. The highest BCUT2D eigenvalue weighted by Gasteiger charge is 2.13. The van der Waals surface area contributed by atoms with E-state index in [9.17, 15) is 4.79 Å². The molecule has 1 aromatic carbocycles. The average molecular weight is 363 g/mol. The summed E-state index contributed by atoms with van der Waals surface area (Å²) in [5, 5.41) is 22.1. The Morgan fingerprint density at radius 3 is 2.63 bits per heavy atom. The Hall–Kier alpha value is -3.60. The number of hydrogen-bond acceptors (Lipinski definition) is 6. The minimum absolute atomic E-state index is 0.132. The fourth-order valence-electron chi connectivity index (χ4n) is 2.87. The van der Waals surface area contributed by atoms with Gasteiger partial charge in [0.25, 0.3) is 0 Å². The van der Waals surface area contributed by atoms with Crippen LogP contribution in [-0.4, -0.2) is 27.6 Å². The number of anilines is 4. The van der Waals surface area contributed by atoms with E-state index in [4.69, 9.17) is 5.26 Å². The molecule has 0 bridgehead atoms. The molecule has 3 rings (SSSR count). The Labute approximate surface area is 157 Å². The van der Waals surface area contributed by atoms with Crippen molar-refractivity contribution in [3.63, 3.8) is 0 Å². The smallest absolute Gasteiger partial charge is 0.225 e. The van der Waals surface area contributed by atoms with Crippen LogP contribution in [0.2, 0.25) is 0 Å². The van der Waals surface area contributed by atoms with Crippen molar-refractivity contribution in [3.8, 4) is 6.07 Å². The van der Waals surface area contributed by atoms with Gasteiger partial charge in [-0.3, -0.25) is 4.79 Å². The number of benzene rings is 1. The summed E-state index contributed by atoms with van der Waals surface area (Å²) in [4.78, 5) is 16.6. The molecule has 2 heterocycles. The molecular formula is C19H21N7O. The first-order chi connectivity index (χ1) is 13.0. The molecule has 3 N–H and O–H groups in total. The lowest BCUT2D eigenvalue weighted by Gasteiger charge is -2.11. The summed E-state index contributed by atoms with van der Waals surface area (Å²) in [5.74, 6) is 1.11. The molecule has 0 aliphatic carbocycles. The molecule has 8 nitrogen and oxygen atoms in total. The van der Waals surface area contributed by atoms with Crippen molar-refractivity contribution in [3.05, 3.63) is 41.6 Å². The van der Waals surface area contributed by atoms with Gasteiger partial charge < -0.3 is 16.0 Å². The Morgan fingerprint density at radius 1 is 1.22 bits per heavy atom. The number of carbonyl (C=O) groups excluding carboxylic acids is 1. The first-order valence-corrected chi connectivity index (χ1v) is 8.59. The van der Waals surface area contributed by atoms with Gasteiger partial charge in [0.1, 0.15) is 17.3 Å². The summed E-state index contributed by atoms with van der Waals surface area (Å²) < 4.78 is 1.62. The molecule has 8 heteroatoms. The predicted molar refractivity (Wildman–Crippen MR) is 105 cm³/mol. The van der Waals surface area contributed by atoms with E-state index in [1.807, 2.05) is 38.1 Å². The minimum Gasteiger partial charge on any atom is -0.373 e. The van der Waals surface area contributed by atoms with E-state index >= 15 is 0 Å². The van der Waals surface area contributed by atoms with Gasteiger partial charge in [-0.15, -0.1) is 0 Å². The van der Waals surface area contributed by atoms with Gasteiger partial charge in [0.15, 0.2) is 5.65 Å². The monoisotopic (exact) mass is 363 g/mol. The van der Waals surface area contributed by atoms with Gasteiger partial charge in [0, 0.05) is 31.6 Å². The zero-order valence-electron chi connectivity index (χ0n) is 15.5. The number of rotatable bonds is 6. The molecule has 0 atom stereocenters. The number of hydrogen-bond donors (Lipinski definition) is 3. The Balaban J connectivity index is 1.95. The fraction of sp³-hybridized carbons (Fsp3) is 0.263. The molecule has 0 aliphatic rings. The van der Waals surface area contributed by atoms with E-state index in [1.165, 1.54) is 0 Å². The number of nitrogens with one attached hydrogen (secondary N) is 3. The van der Waals surface area contributed by atoms with Crippen molar-refractivity contribution in [2.45, 2.75) is 26.7 Å². The van der Waals surface area contributed by atoms with E-state index < -0.39 is 0 Å². The molecular weight excluding hydrogens is 342 g/mol. The van der Waals surface area contributed by atoms with Gasteiger partial charge in [-0.1, -0.05) is 6.07 Å². The first-order valence-electron chi connectivity index (χ1n) is 8.59. The van der Waals surface area contributed by atoms with Crippen molar-refractivity contribution < 1.29 is 4.79 Å². The Kier molecular flexibility index (Phi) is 5.22. The molecule has 0 fully saturated rings. The maximum Gasteiger partial charge on any atom is 0.225 e. The van der Waals surface area contributed by atoms with Gasteiger partial charge in [0.2, 0.25) is 5.91 Å². The zero-order chi connectivity index (χ0) is 19.4. The molecule has 3 aromatic rings. The Bertz CT molecular complexity index is 1010. The van der Waals surface area contributed by atoms with Gasteiger partial charge in [-0.25, -0.2) is 4.98 Å². The molecule has 0 radical (unpaired) electrons. The van der Waals surface area contributed by atoms with Crippen LogP contribution >= 0.6 is 0 Å². The fourth-order valence-corrected chi connectivity index (χ4v) is 2.87. The number of aryl methyl sites for hydroxylation is 2.